The van der Waals surface area contributed by atoms with Crippen LogP contribution in [0.4, 0.5) is 0 Å². The number of benzene rings is 1. The molecule has 1 aliphatic heterocycles. The van der Waals surface area contributed by atoms with Crippen molar-refractivity contribution in [2.45, 2.75) is 51.3 Å². The number of nitrogens with zero attached hydrogens (tertiary/aromatic N) is 1. The van der Waals surface area contributed by atoms with Crippen LogP contribution in [-0.2, 0) is 0 Å². The van der Waals surface area contributed by atoms with Gasteiger partial charge in [0.15, 0.2) is 0 Å². The molecular formula is C16H25NO2. The van der Waals surface area contributed by atoms with Crippen molar-refractivity contribution in [1.29, 1.82) is 0 Å². The van der Waals surface area contributed by atoms with E-state index in [1.165, 1.54) is 19.3 Å². The van der Waals surface area contributed by atoms with E-state index in [4.69, 9.17) is 4.74 Å². The quantitative estimate of drug-likeness (QED) is 0.886. The van der Waals surface area contributed by atoms with Crippen molar-refractivity contribution in [3.8, 4) is 5.75 Å². The second kappa shape index (κ2) is 6.92. The first-order valence-electron chi connectivity index (χ1n) is 7.28. The van der Waals surface area contributed by atoms with Crippen LogP contribution in [0, 0.1) is 0 Å². The minimum Gasteiger partial charge on any atom is -0.491 e. The van der Waals surface area contributed by atoms with Crippen molar-refractivity contribution < 1.29 is 9.84 Å². The van der Waals surface area contributed by atoms with Crippen LogP contribution in [0.15, 0.2) is 30.3 Å². The van der Waals surface area contributed by atoms with E-state index in [1.54, 1.807) is 0 Å². The number of hydrogen-bond acceptors (Lipinski definition) is 3. The minimum atomic E-state index is -0.428. The molecule has 1 saturated heterocycles. The van der Waals surface area contributed by atoms with Gasteiger partial charge in [-0.15, -0.1) is 0 Å². The van der Waals surface area contributed by atoms with E-state index in [0.717, 1.165) is 5.75 Å². The van der Waals surface area contributed by atoms with Crippen molar-refractivity contribution in [2.75, 3.05) is 13.2 Å². The summed E-state index contributed by atoms with van der Waals surface area (Å²) in [6, 6.07) is 10.8. The molecule has 3 heteroatoms. The standard InChI is InChI=1S/C16H25NO2/c1-13-7-6-8-14(2)17(13)11-15(18)12-19-16-9-4-3-5-10-16/h3-5,9-10,13-15,18H,6-8,11-12H2,1-2H3. The number of para-hydroxylation sites is 1. The Hall–Kier alpha value is -1.06. The summed E-state index contributed by atoms with van der Waals surface area (Å²) in [5.41, 5.74) is 0. The van der Waals surface area contributed by atoms with Gasteiger partial charge in [-0.25, -0.2) is 0 Å². The van der Waals surface area contributed by atoms with Gasteiger partial charge < -0.3 is 9.84 Å². The normalized spacial score (nSPS) is 26.1. The topological polar surface area (TPSA) is 32.7 Å². The van der Waals surface area contributed by atoms with Gasteiger partial charge in [0.25, 0.3) is 0 Å². The largest absolute Gasteiger partial charge is 0.491 e. The molecule has 1 aliphatic rings. The van der Waals surface area contributed by atoms with Gasteiger partial charge >= 0.3 is 0 Å². The zero-order chi connectivity index (χ0) is 13.7. The van der Waals surface area contributed by atoms with Crippen LogP contribution < -0.4 is 4.74 Å². The van der Waals surface area contributed by atoms with E-state index in [2.05, 4.69) is 18.7 Å². The lowest BCUT2D eigenvalue weighted by atomic mass is 9.97. The highest BCUT2D eigenvalue weighted by atomic mass is 16.5. The first kappa shape index (κ1) is 14.4. The Labute approximate surface area is 116 Å². The van der Waals surface area contributed by atoms with Gasteiger partial charge in [0.2, 0.25) is 0 Å². The number of likely N-dealkylation sites (tertiary alicyclic amines) is 1. The molecule has 0 aliphatic carbocycles. The number of hydrogen-bond donors (Lipinski definition) is 1. The maximum Gasteiger partial charge on any atom is 0.119 e. The maximum absolute atomic E-state index is 10.1. The highest BCUT2D eigenvalue weighted by Crippen LogP contribution is 2.22. The highest BCUT2D eigenvalue weighted by Gasteiger charge is 2.26. The van der Waals surface area contributed by atoms with Crippen molar-refractivity contribution >= 4 is 0 Å². The van der Waals surface area contributed by atoms with Gasteiger partial charge in [-0.05, 0) is 38.8 Å². The molecule has 0 saturated carbocycles. The van der Waals surface area contributed by atoms with E-state index in [-0.39, 0.29) is 0 Å². The summed E-state index contributed by atoms with van der Waals surface area (Å²) in [6.07, 6.45) is 3.34. The molecule has 0 spiro atoms. The fraction of sp³-hybridized carbons (Fsp3) is 0.625. The second-order valence-electron chi connectivity index (χ2n) is 5.60. The molecule has 0 bridgehead atoms. The summed E-state index contributed by atoms with van der Waals surface area (Å²) in [5, 5.41) is 10.1. The summed E-state index contributed by atoms with van der Waals surface area (Å²) in [6.45, 7) is 5.57. The molecule has 1 aromatic rings. The lowest BCUT2D eigenvalue weighted by Gasteiger charge is -2.40. The van der Waals surface area contributed by atoms with E-state index in [1.807, 2.05) is 30.3 Å². The number of piperidine rings is 1. The Kier molecular flexibility index (Phi) is 5.23. The summed E-state index contributed by atoms with van der Waals surface area (Å²) in [7, 11) is 0. The molecule has 1 fully saturated rings. The molecule has 19 heavy (non-hydrogen) atoms. The Morgan fingerprint density at radius 1 is 1.21 bits per heavy atom. The third-order valence-electron chi connectivity index (χ3n) is 3.98. The molecule has 3 nitrogen and oxygen atoms in total. The second-order valence-corrected chi connectivity index (χ2v) is 5.60. The molecule has 106 valence electrons. The summed E-state index contributed by atoms with van der Waals surface area (Å²) >= 11 is 0. The Bertz CT molecular complexity index is 358. The van der Waals surface area contributed by atoms with Gasteiger partial charge in [-0.3, -0.25) is 4.90 Å². The van der Waals surface area contributed by atoms with Gasteiger partial charge in [0, 0.05) is 18.6 Å². The van der Waals surface area contributed by atoms with E-state index in [0.29, 0.717) is 25.2 Å². The number of ether oxygens (including phenoxy) is 1. The van der Waals surface area contributed by atoms with Crippen LogP contribution >= 0.6 is 0 Å². The highest BCUT2D eigenvalue weighted by molar-refractivity contribution is 5.20. The third kappa shape index (κ3) is 4.22. The molecule has 1 heterocycles. The molecule has 1 aromatic carbocycles. The van der Waals surface area contributed by atoms with Gasteiger partial charge in [-0.1, -0.05) is 24.6 Å². The Morgan fingerprint density at radius 3 is 2.47 bits per heavy atom. The predicted octanol–water partition coefficient (Wildman–Crippen LogP) is 2.69. The molecule has 0 radical (unpaired) electrons. The first-order valence-corrected chi connectivity index (χ1v) is 7.28. The van der Waals surface area contributed by atoms with E-state index < -0.39 is 6.10 Å². The van der Waals surface area contributed by atoms with Gasteiger partial charge in [0.1, 0.15) is 18.5 Å². The molecule has 3 unspecified atom stereocenters. The maximum atomic E-state index is 10.1. The Morgan fingerprint density at radius 2 is 1.84 bits per heavy atom. The van der Waals surface area contributed by atoms with Crippen LogP contribution in [0.3, 0.4) is 0 Å². The molecular weight excluding hydrogens is 238 g/mol. The van der Waals surface area contributed by atoms with Crippen LogP contribution in [0.25, 0.3) is 0 Å². The van der Waals surface area contributed by atoms with Crippen LogP contribution in [0.2, 0.25) is 0 Å². The molecule has 0 amide bonds. The summed E-state index contributed by atoms with van der Waals surface area (Å²) in [5.74, 6) is 0.821. The van der Waals surface area contributed by atoms with Crippen LogP contribution in [0.5, 0.6) is 5.75 Å². The number of β-amino-alcohol motifs (C(OH)–C–C–N with tert-alkyl or cyclic N) is 1. The number of aliphatic hydroxyl groups excluding tert-OH is 1. The Balaban J connectivity index is 1.78. The van der Waals surface area contributed by atoms with Crippen LogP contribution in [-0.4, -0.2) is 41.3 Å². The molecule has 1 N–H and O–H groups in total. The molecule has 3 atom stereocenters. The SMILES string of the molecule is CC1CCCC(C)N1CC(O)COc1ccccc1. The smallest absolute Gasteiger partial charge is 0.119 e. The van der Waals surface area contributed by atoms with Gasteiger partial charge in [-0.2, -0.15) is 0 Å². The summed E-state index contributed by atoms with van der Waals surface area (Å²) in [4.78, 5) is 2.41. The van der Waals surface area contributed by atoms with E-state index in [9.17, 15) is 5.11 Å². The fourth-order valence-electron chi connectivity index (χ4n) is 2.84. The van der Waals surface area contributed by atoms with Gasteiger partial charge in [0.05, 0.1) is 0 Å². The lowest BCUT2D eigenvalue weighted by Crippen LogP contribution is -2.48. The average Bonchev–Trinajstić information content (AvgIpc) is 2.42. The predicted molar refractivity (Wildman–Crippen MR) is 77.4 cm³/mol. The monoisotopic (exact) mass is 263 g/mol. The number of aliphatic hydroxyl groups is 1. The molecule has 0 aromatic heterocycles. The van der Waals surface area contributed by atoms with Crippen molar-refractivity contribution in [1.82, 2.24) is 4.90 Å². The molecule has 2 rings (SSSR count). The van der Waals surface area contributed by atoms with Crippen LogP contribution in [0.1, 0.15) is 33.1 Å². The number of rotatable bonds is 5. The minimum absolute atomic E-state index is 0.361. The summed E-state index contributed by atoms with van der Waals surface area (Å²) < 4.78 is 5.60. The lowest BCUT2D eigenvalue weighted by molar-refractivity contribution is 0.0209. The van der Waals surface area contributed by atoms with E-state index >= 15 is 0 Å². The zero-order valence-electron chi connectivity index (χ0n) is 12.0. The fourth-order valence-corrected chi connectivity index (χ4v) is 2.84. The van der Waals surface area contributed by atoms with Crippen molar-refractivity contribution in [2.24, 2.45) is 0 Å². The zero-order valence-corrected chi connectivity index (χ0v) is 12.0. The van der Waals surface area contributed by atoms with Crippen molar-refractivity contribution in [3.05, 3.63) is 30.3 Å². The third-order valence-corrected chi connectivity index (χ3v) is 3.98. The van der Waals surface area contributed by atoms with Crippen molar-refractivity contribution in [3.63, 3.8) is 0 Å². The first-order chi connectivity index (χ1) is 9.16. The average molecular weight is 263 g/mol.